The lowest BCUT2D eigenvalue weighted by Crippen LogP contribution is -1.98. The van der Waals surface area contributed by atoms with E-state index < -0.39 is 0 Å². The van der Waals surface area contributed by atoms with E-state index in [1.807, 2.05) is 25.1 Å². The third-order valence-corrected chi connectivity index (χ3v) is 3.04. The molecule has 0 spiro atoms. The monoisotopic (exact) mass is 242 g/mol. The fourth-order valence-electron chi connectivity index (χ4n) is 2.28. The number of aromatic nitrogens is 1. The van der Waals surface area contributed by atoms with E-state index in [0.717, 1.165) is 22.6 Å². The maximum Gasteiger partial charge on any atom is 0.127 e. The minimum Gasteiger partial charge on any atom is -0.496 e. The molecule has 0 aliphatic rings. The van der Waals surface area contributed by atoms with Gasteiger partial charge in [-0.05, 0) is 50.1 Å². The number of nitrogen functional groups attached to an aromatic ring is 1. The normalized spacial score (nSPS) is 10.4. The molecule has 0 radical (unpaired) electrons. The maximum absolute atomic E-state index is 5.70. The number of methoxy groups -OCH3 is 1. The van der Waals surface area contributed by atoms with Crippen LogP contribution in [-0.4, -0.2) is 12.1 Å². The van der Waals surface area contributed by atoms with Crippen molar-refractivity contribution in [3.8, 4) is 16.9 Å². The zero-order chi connectivity index (χ0) is 13.3. The molecular formula is C15H18N2O. The number of aryl methyl sites for hydroxylation is 3. The lowest BCUT2D eigenvalue weighted by atomic mass is 9.96. The van der Waals surface area contributed by atoms with Crippen LogP contribution in [-0.2, 0) is 0 Å². The first-order valence-electron chi connectivity index (χ1n) is 5.91. The van der Waals surface area contributed by atoms with Gasteiger partial charge in [0.25, 0.3) is 0 Å². The first kappa shape index (κ1) is 12.4. The molecule has 18 heavy (non-hydrogen) atoms. The summed E-state index contributed by atoms with van der Waals surface area (Å²) in [6.45, 7) is 6.11. The summed E-state index contributed by atoms with van der Waals surface area (Å²) in [6, 6.07) is 8.00. The van der Waals surface area contributed by atoms with Crippen molar-refractivity contribution in [2.75, 3.05) is 12.8 Å². The van der Waals surface area contributed by atoms with Gasteiger partial charge in [-0.2, -0.15) is 0 Å². The Bertz CT molecular complexity index is 591. The highest BCUT2D eigenvalue weighted by atomic mass is 16.5. The molecule has 94 valence electrons. The second-order valence-electron chi connectivity index (χ2n) is 4.53. The Hall–Kier alpha value is -2.03. The molecule has 2 N–H and O–H groups in total. The van der Waals surface area contributed by atoms with Crippen LogP contribution in [0.5, 0.6) is 5.75 Å². The number of rotatable bonds is 2. The van der Waals surface area contributed by atoms with Crippen molar-refractivity contribution in [3.63, 3.8) is 0 Å². The second-order valence-corrected chi connectivity index (χ2v) is 4.53. The number of nitrogens with two attached hydrogens (primary N) is 1. The molecule has 0 saturated heterocycles. The van der Waals surface area contributed by atoms with Gasteiger partial charge in [-0.1, -0.05) is 6.07 Å². The molecule has 2 rings (SSSR count). The highest BCUT2D eigenvalue weighted by Crippen LogP contribution is 2.35. The number of hydrogen-bond acceptors (Lipinski definition) is 3. The number of hydrogen-bond donors (Lipinski definition) is 1. The quantitative estimate of drug-likeness (QED) is 0.879. The third kappa shape index (κ3) is 2.16. The number of ether oxygens (including phenoxy) is 1. The van der Waals surface area contributed by atoms with Gasteiger partial charge in [-0.15, -0.1) is 0 Å². The zero-order valence-corrected chi connectivity index (χ0v) is 11.2. The number of pyridine rings is 1. The van der Waals surface area contributed by atoms with E-state index in [1.54, 1.807) is 7.11 Å². The molecule has 2 aromatic rings. The van der Waals surface area contributed by atoms with E-state index in [0.29, 0.717) is 5.82 Å². The van der Waals surface area contributed by atoms with Crippen molar-refractivity contribution in [3.05, 3.63) is 41.1 Å². The van der Waals surface area contributed by atoms with Gasteiger partial charge in [-0.3, -0.25) is 0 Å². The summed E-state index contributed by atoms with van der Waals surface area (Å²) >= 11 is 0. The first-order valence-corrected chi connectivity index (χ1v) is 5.91. The molecule has 1 aromatic heterocycles. The molecule has 0 fully saturated rings. The van der Waals surface area contributed by atoms with E-state index >= 15 is 0 Å². The molecule has 3 heteroatoms. The zero-order valence-electron chi connectivity index (χ0n) is 11.2. The summed E-state index contributed by atoms with van der Waals surface area (Å²) in [4.78, 5) is 4.31. The Balaban J connectivity index is 2.70. The molecule has 0 unspecified atom stereocenters. The highest BCUT2D eigenvalue weighted by Gasteiger charge is 2.13. The van der Waals surface area contributed by atoms with Crippen molar-refractivity contribution >= 4 is 5.82 Å². The molecule has 0 amide bonds. The molecule has 1 aromatic carbocycles. The van der Waals surface area contributed by atoms with E-state index in [-0.39, 0.29) is 0 Å². The summed E-state index contributed by atoms with van der Waals surface area (Å²) < 4.78 is 5.49. The standard InChI is InChI=1S/C15H18N2O/c1-9-7-10(2)15(13(8-9)18-4)12-5-6-14(16)17-11(12)3/h5-8H,1-4H3,(H2,16,17). The molecule has 1 heterocycles. The number of anilines is 1. The van der Waals surface area contributed by atoms with Crippen LogP contribution in [0.25, 0.3) is 11.1 Å². The Kier molecular flexibility index (Phi) is 3.24. The lowest BCUT2D eigenvalue weighted by molar-refractivity contribution is 0.416. The minimum atomic E-state index is 0.542. The topological polar surface area (TPSA) is 48.1 Å². The summed E-state index contributed by atoms with van der Waals surface area (Å²) in [5.41, 5.74) is 11.1. The van der Waals surface area contributed by atoms with Gasteiger partial charge >= 0.3 is 0 Å². The lowest BCUT2D eigenvalue weighted by Gasteiger charge is -2.15. The van der Waals surface area contributed by atoms with Crippen LogP contribution in [0.1, 0.15) is 16.8 Å². The van der Waals surface area contributed by atoms with Crippen LogP contribution in [0, 0.1) is 20.8 Å². The van der Waals surface area contributed by atoms with Gasteiger partial charge in [0.05, 0.1) is 7.11 Å². The maximum atomic E-state index is 5.70. The predicted octanol–water partition coefficient (Wildman–Crippen LogP) is 3.26. The van der Waals surface area contributed by atoms with E-state index in [2.05, 4.69) is 24.9 Å². The van der Waals surface area contributed by atoms with E-state index in [4.69, 9.17) is 10.5 Å². The molecule has 0 aliphatic heterocycles. The predicted molar refractivity (Wildman–Crippen MR) is 74.8 cm³/mol. The van der Waals surface area contributed by atoms with Crippen LogP contribution in [0.4, 0.5) is 5.82 Å². The largest absolute Gasteiger partial charge is 0.496 e. The summed E-state index contributed by atoms with van der Waals surface area (Å²) in [7, 11) is 1.69. The second kappa shape index (κ2) is 4.69. The third-order valence-electron chi connectivity index (χ3n) is 3.04. The van der Waals surface area contributed by atoms with Gasteiger partial charge in [0.15, 0.2) is 0 Å². The van der Waals surface area contributed by atoms with E-state index in [1.165, 1.54) is 11.1 Å². The molecule has 0 aliphatic carbocycles. The van der Waals surface area contributed by atoms with Gasteiger partial charge in [0.2, 0.25) is 0 Å². The summed E-state index contributed by atoms with van der Waals surface area (Å²) in [5, 5.41) is 0. The molecule has 3 nitrogen and oxygen atoms in total. The molecular weight excluding hydrogens is 224 g/mol. The van der Waals surface area contributed by atoms with Crippen LogP contribution >= 0.6 is 0 Å². The van der Waals surface area contributed by atoms with Gasteiger partial charge in [0, 0.05) is 16.8 Å². The smallest absolute Gasteiger partial charge is 0.127 e. The fourth-order valence-corrected chi connectivity index (χ4v) is 2.28. The first-order chi connectivity index (χ1) is 8.52. The van der Waals surface area contributed by atoms with Crippen LogP contribution < -0.4 is 10.5 Å². The molecule has 0 atom stereocenters. The van der Waals surface area contributed by atoms with E-state index in [9.17, 15) is 0 Å². The van der Waals surface area contributed by atoms with Crippen molar-refractivity contribution in [2.45, 2.75) is 20.8 Å². The fraction of sp³-hybridized carbons (Fsp3) is 0.267. The number of nitrogens with zero attached hydrogens (tertiary/aromatic N) is 1. The Labute approximate surface area is 108 Å². The average molecular weight is 242 g/mol. The van der Waals surface area contributed by atoms with Crippen molar-refractivity contribution in [2.24, 2.45) is 0 Å². The minimum absolute atomic E-state index is 0.542. The Morgan fingerprint density at radius 1 is 1.11 bits per heavy atom. The molecule has 0 bridgehead atoms. The van der Waals surface area contributed by atoms with Gasteiger partial charge < -0.3 is 10.5 Å². The SMILES string of the molecule is COc1cc(C)cc(C)c1-c1ccc(N)nc1C. The Morgan fingerprint density at radius 3 is 2.44 bits per heavy atom. The average Bonchev–Trinajstić information content (AvgIpc) is 2.29. The van der Waals surface area contributed by atoms with Gasteiger partial charge in [-0.25, -0.2) is 4.98 Å². The Morgan fingerprint density at radius 2 is 1.83 bits per heavy atom. The summed E-state index contributed by atoms with van der Waals surface area (Å²) in [5.74, 6) is 1.42. The summed E-state index contributed by atoms with van der Waals surface area (Å²) in [6.07, 6.45) is 0. The van der Waals surface area contributed by atoms with Crippen molar-refractivity contribution in [1.29, 1.82) is 0 Å². The van der Waals surface area contributed by atoms with Crippen LogP contribution in [0.15, 0.2) is 24.3 Å². The molecule has 0 saturated carbocycles. The van der Waals surface area contributed by atoms with Gasteiger partial charge in [0.1, 0.15) is 11.6 Å². The number of benzene rings is 1. The highest BCUT2D eigenvalue weighted by molar-refractivity contribution is 5.76. The van der Waals surface area contributed by atoms with Crippen molar-refractivity contribution in [1.82, 2.24) is 4.98 Å². The van der Waals surface area contributed by atoms with Crippen LogP contribution in [0.3, 0.4) is 0 Å². The van der Waals surface area contributed by atoms with Crippen LogP contribution in [0.2, 0.25) is 0 Å². The van der Waals surface area contributed by atoms with Crippen molar-refractivity contribution < 1.29 is 4.74 Å².